The predicted octanol–water partition coefficient (Wildman–Crippen LogP) is 3.09. The van der Waals surface area contributed by atoms with Gasteiger partial charge in [-0.2, -0.15) is 0 Å². The third-order valence-electron chi connectivity index (χ3n) is 3.71. The van der Waals surface area contributed by atoms with E-state index in [1.165, 1.54) is 17.5 Å². The summed E-state index contributed by atoms with van der Waals surface area (Å²) >= 11 is 0. The highest BCUT2D eigenvalue weighted by Gasteiger charge is 2.21. The summed E-state index contributed by atoms with van der Waals surface area (Å²) in [5, 5.41) is 3.53. The normalized spacial score (nSPS) is 19.2. The SMILES string of the molecule is CCNC1CCc2cc(OC(C)CCOC)ccc21. The van der Waals surface area contributed by atoms with Gasteiger partial charge >= 0.3 is 0 Å². The molecule has 0 fully saturated rings. The zero-order valence-corrected chi connectivity index (χ0v) is 12.2. The maximum atomic E-state index is 5.94. The second-order valence-electron chi connectivity index (χ2n) is 5.22. The summed E-state index contributed by atoms with van der Waals surface area (Å²) < 4.78 is 11.0. The van der Waals surface area contributed by atoms with E-state index in [0.717, 1.165) is 31.7 Å². The Morgan fingerprint density at radius 1 is 1.42 bits per heavy atom. The van der Waals surface area contributed by atoms with Crippen LogP contribution in [0.1, 0.15) is 43.9 Å². The summed E-state index contributed by atoms with van der Waals surface area (Å²) in [6.45, 7) is 6.02. The van der Waals surface area contributed by atoms with Crippen LogP contribution in [0.15, 0.2) is 18.2 Å². The molecule has 0 aliphatic heterocycles. The molecule has 0 heterocycles. The molecule has 3 nitrogen and oxygen atoms in total. The summed E-state index contributed by atoms with van der Waals surface area (Å²) in [7, 11) is 1.73. The van der Waals surface area contributed by atoms with Gasteiger partial charge in [0.2, 0.25) is 0 Å². The predicted molar refractivity (Wildman–Crippen MR) is 77.8 cm³/mol. The maximum Gasteiger partial charge on any atom is 0.119 e. The monoisotopic (exact) mass is 263 g/mol. The Balaban J connectivity index is 1.98. The Morgan fingerprint density at radius 2 is 2.26 bits per heavy atom. The number of methoxy groups -OCH3 is 1. The first-order valence-corrected chi connectivity index (χ1v) is 7.26. The van der Waals surface area contributed by atoms with Crippen LogP contribution in [0, 0.1) is 0 Å². The molecule has 19 heavy (non-hydrogen) atoms. The second kappa shape index (κ2) is 6.92. The second-order valence-corrected chi connectivity index (χ2v) is 5.22. The van der Waals surface area contributed by atoms with Gasteiger partial charge in [0.15, 0.2) is 0 Å². The number of benzene rings is 1. The molecule has 2 unspecified atom stereocenters. The molecule has 1 aliphatic rings. The third-order valence-corrected chi connectivity index (χ3v) is 3.71. The standard InChI is InChI=1S/C16H25NO2/c1-4-17-16-8-5-13-11-14(6-7-15(13)16)19-12(2)9-10-18-3/h6-7,11-12,16-17H,4-5,8-10H2,1-3H3. The average molecular weight is 263 g/mol. The number of nitrogens with one attached hydrogen (secondary N) is 1. The molecular formula is C16H25NO2. The smallest absolute Gasteiger partial charge is 0.119 e. The number of rotatable bonds is 7. The van der Waals surface area contributed by atoms with Gasteiger partial charge in [0.1, 0.15) is 5.75 Å². The van der Waals surface area contributed by atoms with Gasteiger partial charge in [-0.15, -0.1) is 0 Å². The van der Waals surface area contributed by atoms with Crippen molar-refractivity contribution >= 4 is 0 Å². The van der Waals surface area contributed by atoms with Crippen molar-refractivity contribution in [1.29, 1.82) is 0 Å². The number of hydrogen-bond donors (Lipinski definition) is 1. The van der Waals surface area contributed by atoms with Gasteiger partial charge in [-0.3, -0.25) is 0 Å². The average Bonchev–Trinajstić information content (AvgIpc) is 2.79. The van der Waals surface area contributed by atoms with E-state index >= 15 is 0 Å². The lowest BCUT2D eigenvalue weighted by atomic mass is 10.1. The minimum Gasteiger partial charge on any atom is -0.491 e. The van der Waals surface area contributed by atoms with Crippen molar-refractivity contribution in [3.63, 3.8) is 0 Å². The summed E-state index contributed by atoms with van der Waals surface area (Å²) in [5.74, 6) is 0.986. The van der Waals surface area contributed by atoms with E-state index in [0.29, 0.717) is 6.04 Å². The Morgan fingerprint density at radius 3 is 3.00 bits per heavy atom. The summed E-state index contributed by atoms with van der Waals surface area (Å²) in [5.41, 5.74) is 2.88. The van der Waals surface area contributed by atoms with Crippen LogP contribution < -0.4 is 10.1 Å². The molecule has 1 aliphatic carbocycles. The van der Waals surface area contributed by atoms with Crippen LogP contribution in [0.5, 0.6) is 5.75 Å². The molecule has 3 heteroatoms. The zero-order valence-electron chi connectivity index (χ0n) is 12.2. The molecule has 0 saturated carbocycles. The molecular weight excluding hydrogens is 238 g/mol. The topological polar surface area (TPSA) is 30.5 Å². The molecule has 0 saturated heterocycles. The van der Waals surface area contributed by atoms with Gasteiger partial charge in [-0.05, 0) is 49.6 Å². The minimum atomic E-state index is 0.198. The van der Waals surface area contributed by atoms with Crippen molar-refractivity contribution in [3.8, 4) is 5.75 Å². The van der Waals surface area contributed by atoms with E-state index in [4.69, 9.17) is 9.47 Å². The first kappa shape index (κ1) is 14.4. The lowest BCUT2D eigenvalue weighted by Crippen LogP contribution is -2.18. The van der Waals surface area contributed by atoms with E-state index < -0.39 is 0 Å². The molecule has 106 valence electrons. The third kappa shape index (κ3) is 3.71. The first-order chi connectivity index (χ1) is 9.24. The molecule has 2 atom stereocenters. The first-order valence-electron chi connectivity index (χ1n) is 7.26. The Hall–Kier alpha value is -1.06. The van der Waals surface area contributed by atoms with Crippen LogP contribution in [0.4, 0.5) is 0 Å². The van der Waals surface area contributed by atoms with Gasteiger partial charge < -0.3 is 14.8 Å². The van der Waals surface area contributed by atoms with Gasteiger partial charge in [0.05, 0.1) is 6.10 Å². The van der Waals surface area contributed by atoms with Crippen molar-refractivity contribution in [3.05, 3.63) is 29.3 Å². The molecule has 0 spiro atoms. The van der Waals surface area contributed by atoms with Crippen LogP contribution in [0.3, 0.4) is 0 Å². The quantitative estimate of drug-likeness (QED) is 0.820. The molecule has 1 aromatic rings. The Bertz CT molecular complexity index is 406. The highest BCUT2D eigenvalue weighted by atomic mass is 16.5. The fourth-order valence-corrected chi connectivity index (χ4v) is 2.70. The van der Waals surface area contributed by atoms with Crippen molar-refractivity contribution in [1.82, 2.24) is 5.32 Å². The lowest BCUT2D eigenvalue weighted by molar-refractivity contribution is 0.135. The highest BCUT2D eigenvalue weighted by molar-refractivity contribution is 5.40. The summed E-state index contributed by atoms with van der Waals surface area (Å²) in [4.78, 5) is 0. The molecule has 0 aromatic heterocycles. The zero-order chi connectivity index (χ0) is 13.7. The highest BCUT2D eigenvalue weighted by Crippen LogP contribution is 2.33. The molecule has 2 rings (SSSR count). The largest absolute Gasteiger partial charge is 0.491 e. The van der Waals surface area contributed by atoms with Crippen LogP contribution in [-0.2, 0) is 11.2 Å². The summed E-state index contributed by atoms with van der Waals surface area (Å²) in [6.07, 6.45) is 3.47. The molecule has 0 bridgehead atoms. The fourth-order valence-electron chi connectivity index (χ4n) is 2.70. The number of hydrogen-bond acceptors (Lipinski definition) is 3. The maximum absolute atomic E-state index is 5.94. The molecule has 1 aromatic carbocycles. The number of fused-ring (bicyclic) bond motifs is 1. The number of aryl methyl sites for hydroxylation is 1. The van der Waals surface area contributed by atoms with E-state index in [1.54, 1.807) is 7.11 Å². The van der Waals surface area contributed by atoms with Crippen molar-refractivity contribution in [2.75, 3.05) is 20.3 Å². The van der Waals surface area contributed by atoms with Crippen LogP contribution >= 0.6 is 0 Å². The Labute approximate surface area is 116 Å². The van der Waals surface area contributed by atoms with Crippen molar-refractivity contribution in [2.24, 2.45) is 0 Å². The molecule has 0 amide bonds. The van der Waals surface area contributed by atoms with Crippen LogP contribution in [0.2, 0.25) is 0 Å². The fraction of sp³-hybridized carbons (Fsp3) is 0.625. The van der Waals surface area contributed by atoms with E-state index in [-0.39, 0.29) is 6.10 Å². The minimum absolute atomic E-state index is 0.198. The van der Waals surface area contributed by atoms with E-state index in [9.17, 15) is 0 Å². The van der Waals surface area contributed by atoms with Crippen LogP contribution in [0.25, 0.3) is 0 Å². The number of ether oxygens (including phenoxy) is 2. The Kier molecular flexibility index (Phi) is 5.23. The molecule has 0 radical (unpaired) electrons. The molecule has 1 N–H and O–H groups in total. The van der Waals surface area contributed by atoms with Gasteiger partial charge in [0.25, 0.3) is 0 Å². The van der Waals surface area contributed by atoms with E-state index in [1.807, 2.05) is 0 Å². The van der Waals surface area contributed by atoms with Gasteiger partial charge in [-0.1, -0.05) is 13.0 Å². The van der Waals surface area contributed by atoms with Gasteiger partial charge in [-0.25, -0.2) is 0 Å². The lowest BCUT2D eigenvalue weighted by Gasteiger charge is -2.16. The summed E-state index contributed by atoms with van der Waals surface area (Å²) in [6, 6.07) is 7.04. The van der Waals surface area contributed by atoms with Crippen LogP contribution in [-0.4, -0.2) is 26.4 Å². The van der Waals surface area contributed by atoms with Gasteiger partial charge in [0, 0.05) is 26.2 Å². The van der Waals surface area contributed by atoms with Crippen molar-refractivity contribution in [2.45, 2.75) is 45.3 Å². The van der Waals surface area contributed by atoms with Crippen molar-refractivity contribution < 1.29 is 9.47 Å². The van der Waals surface area contributed by atoms with E-state index in [2.05, 4.69) is 37.4 Å².